The fourth-order valence-electron chi connectivity index (χ4n) is 3.02. The number of amidine groups is 1. The van der Waals surface area contributed by atoms with E-state index in [0.29, 0.717) is 11.6 Å². The lowest BCUT2D eigenvalue weighted by molar-refractivity contribution is -0.117. The molecule has 1 aromatic carbocycles. The van der Waals surface area contributed by atoms with Gasteiger partial charge in [-0.05, 0) is 37.1 Å². The summed E-state index contributed by atoms with van der Waals surface area (Å²) in [6.45, 7) is 3.93. The van der Waals surface area contributed by atoms with Crippen molar-refractivity contribution in [2.45, 2.75) is 38.0 Å². The Hall–Kier alpha value is -0.860. The lowest BCUT2D eigenvalue weighted by Gasteiger charge is -2.25. The predicted molar refractivity (Wildman–Crippen MR) is 103 cm³/mol. The van der Waals surface area contributed by atoms with Crippen molar-refractivity contribution in [2.75, 3.05) is 16.4 Å². The molecule has 24 heavy (non-hydrogen) atoms. The Kier molecular flexibility index (Phi) is 5.09. The average Bonchev–Trinajstić information content (AvgIpc) is 2.93. The summed E-state index contributed by atoms with van der Waals surface area (Å²) in [6, 6.07) is 5.72. The van der Waals surface area contributed by atoms with Crippen LogP contribution in [-0.4, -0.2) is 42.3 Å². The second-order valence-electron chi connectivity index (χ2n) is 6.14. The Balaban J connectivity index is 2.01. The van der Waals surface area contributed by atoms with Crippen molar-refractivity contribution in [3.8, 4) is 0 Å². The summed E-state index contributed by atoms with van der Waals surface area (Å²) in [5.74, 6) is 0.109. The van der Waals surface area contributed by atoms with E-state index in [4.69, 9.17) is 0 Å². The first-order chi connectivity index (χ1) is 11.3. The zero-order valence-electron chi connectivity index (χ0n) is 13.5. The molecule has 3 rings (SSSR count). The second-order valence-corrected chi connectivity index (χ2v) is 10.4. The van der Waals surface area contributed by atoms with Crippen LogP contribution in [0, 0.1) is 6.92 Å². The summed E-state index contributed by atoms with van der Waals surface area (Å²) < 4.78 is 25.0. The number of nitrogens with zero attached hydrogens (tertiary/aromatic N) is 2. The number of amides is 1. The molecule has 1 amide bonds. The number of carbonyl (C=O) groups excluding carboxylic acids is 1. The molecule has 0 bridgehead atoms. The van der Waals surface area contributed by atoms with E-state index in [1.54, 1.807) is 0 Å². The van der Waals surface area contributed by atoms with Crippen LogP contribution in [0.15, 0.2) is 27.7 Å². The Morgan fingerprint density at radius 2 is 2.17 bits per heavy atom. The van der Waals surface area contributed by atoms with Gasteiger partial charge in [-0.2, -0.15) is 4.99 Å². The number of rotatable bonds is 3. The largest absolute Gasteiger partial charge is 0.316 e. The lowest BCUT2D eigenvalue weighted by atomic mass is 10.1. The molecule has 130 valence electrons. The zero-order valence-corrected chi connectivity index (χ0v) is 16.7. The third-order valence-corrected chi connectivity index (χ3v) is 8.27. The molecule has 1 aromatic rings. The van der Waals surface area contributed by atoms with Crippen LogP contribution >= 0.6 is 27.7 Å². The van der Waals surface area contributed by atoms with Crippen LogP contribution in [0.1, 0.15) is 25.3 Å². The molecule has 2 saturated heterocycles. The molecule has 5 nitrogen and oxygen atoms in total. The minimum atomic E-state index is -3.04. The first-order valence-corrected chi connectivity index (χ1v) is 11.3. The standard InChI is InChI=1S/C16H19BrN2O3S2/c1-3-4-15(20)18-16-19(11-5-6-12(17)10(2)7-11)13-8-24(21,22)9-14(13)23-16/h5-7,13-14H,3-4,8-9H2,1-2H3/t13-,14+/m1/s1. The molecule has 2 aliphatic heterocycles. The quantitative estimate of drug-likeness (QED) is 0.736. The van der Waals surface area contributed by atoms with Gasteiger partial charge in [-0.15, -0.1) is 0 Å². The number of anilines is 1. The maximum Gasteiger partial charge on any atom is 0.248 e. The van der Waals surface area contributed by atoms with Gasteiger partial charge in [0, 0.05) is 21.8 Å². The van der Waals surface area contributed by atoms with Crippen molar-refractivity contribution in [3.05, 3.63) is 28.2 Å². The summed E-state index contributed by atoms with van der Waals surface area (Å²) in [4.78, 5) is 18.2. The van der Waals surface area contributed by atoms with Crippen LogP contribution in [-0.2, 0) is 14.6 Å². The minimum absolute atomic E-state index is 0.0628. The van der Waals surface area contributed by atoms with Gasteiger partial charge in [-0.25, -0.2) is 8.42 Å². The highest BCUT2D eigenvalue weighted by Gasteiger charge is 2.49. The maximum atomic E-state index is 12.0. The SMILES string of the molecule is CCCC(=O)N=C1S[C@H]2CS(=O)(=O)C[C@H]2N1c1ccc(Br)c(C)c1. The van der Waals surface area contributed by atoms with Crippen LogP contribution in [0.3, 0.4) is 0 Å². The van der Waals surface area contributed by atoms with Crippen LogP contribution in [0.25, 0.3) is 0 Å². The zero-order chi connectivity index (χ0) is 17.5. The molecule has 0 saturated carbocycles. The van der Waals surface area contributed by atoms with Crippen molar-refractivity contribution < 1.29 is 13.2 Å². The van der Waals surface area contributed by atoms with Gasteiger partial charge in [0.2, 0.25) is 5.91 Å². The van der Waals surface area contributed by atoms with Crippen molar-refractivity contribution in [1.29, 1.82) is 0 Å². The van der Waals surface area contributed by atoms with Gasteiger partial charge in [0.25, 0.3) is 0 Å². The fraction of sp³-hybridized carbons (Fsp3) is 0.500. The van der Waals surface area contributed by atoms with Crippen molar-refractivity contribution >= 4 is 54.3 Å². The second kappa shape index (κ2) is 6.80. The van der Waals surface area contributed by atoms with Crippen LogP contribution in [0.4, 0.5) is 5.69 Å². The van der Waals surface area contributed by atoms with Crippen LogP contribution < -0.4 is 4.90 Å². The summed E-state index contributed by atoms with van der Waals surface area (Å²) in [6.07, 6.45) is 1.16. The molecule has 0 aromatic heterocycles. The molecule has 2 heterocycles. The summed E-state index contributed by atoms with van der Waals surface area (Å²) in [5.41, 5.74) is 1.94. The third kappa shape index (κ3) is 3.55. The topological polar surface area (TPSA) is 66.8 Å². The van der Waals surface area contributed by atoms with Gasteiger partial charge in [-0.3, -0.25) is 4.79 Å². The normalized spacial score (nSPS) is 26.8. The first kappa shape index (κ1) is 17.9. The molecule has 0 aliphatic carbocycles. The molecule has 0 spiro atoms. The summed E-state index contributed by atoms with van der Waals surface area (Å²) in [7, 11) is -3.04. The molecule has 2 aliphatic rings. The van der Waals surface area contributed by atoms with E-state index in [-0.39, 0.29) is 28.7 Å². The third-order valence-electron chi connectivity index (χ3n) is 4.17. The number of thioether (sulfide) groups is 1. The number of benzene rings is 1. The fourth-order valence-corrected chi connectivity index (χ4v) is 7.20. The van der Waals surface area contributed by atoms with Gasteiger partial charge >= 0.3 is 0 Å². The van der Waals surface area contributed by atoms with Crippen molar-refractivity contribution in [1.82, 2.24) is 0 Å². The number of sulfone groups is 1. The summed E-state index contributed by atoms with van der Waals surface area (Å²) >= 11 is 4.90. The molecule has 2 fully saturated rings. The molecular weight excluding hydrogens is 412 g/mol. The van der Waals surface area contributed by atoms with E-state index in [1.165, 1.54) is 11.8 Å². The number of hydrogen-bond donors (Lipinski definition) is 0. The number of hydrogen-bond acceptors (Lipinski definition) is 4. The van der Waals surface area contributed by atoms with Crippen molar-refractivity contribution in [2.24, 2.45) is 4.99 Å². The van der Waals surface area contributed by atoms with E-state index in [0.717, 1.165) is 22.1 Å². The number of aliphatic imine (C=N–C) groups is 1. The van der Waals surface area contributed by atoms with Crippen LogP contribution in [0.2, 0.25) is 0 Å². The van der Waals surface area contributed by atoms with Gasteiger partial charge in [0.05, 0.1) is 17.5 Å². The minimum Gasteiger partial charge on any atom is -0.316 e. The molecule has 8 heteroatoms. The van der Waals surface area contributed by atoms with E-state index in [2.05, 4.69) is 20.9 Å². The summed E-state index contributed by atoms with van der Waals surface area (Å²) in [5, 5.41) is 0.562. The number of halogens is 1. The van der Waals surface area contributed by atoms with Crippen molar-refractivity contribution in [3.63, 3.8) is 0 Å². The van der Waals surface area contributed by atoms with E-state index >= 15 is 0 Å². The molecule has 0 unspecified atom stereocenters. The molecule has 0 radical (unpaired) electrons. The lowest BCUT2D eigenvalue weighted by Crippen LogP contribution is -2.37. The molecule has 2 atom stereocenters. The smallest absolute Gasteiger partial charge is 0.248 e. The van der Waals surface area contributed by atoms with E-state index in [9.17, 15) is 13.2 Å². The maximum absolute atomic E-state index is 12.0. The van der Waals surface area contributed by atoms with Gasteiger partial charge in [0.15, 0.2) is 15.0 Å². The highest BCUT2D eigenvalue weighted by Crippen LogP contribution is 2.41. The Bertz CT molecular complexity index is 808. The number of carbonyl (C=O) groups is 1. The Morgan fingerprint density at radius 1 is 1.42 bits per heavy atom. The first-order valence-electron chi connectivity index (χ1n) is 7.84. The average molecular weight is 431 g/mol. The van der Waals surface area contributed by atoms with Gasteiger partial charge in [0.1, 0.15) is 0 Å². The molecular formula is C16H19BrN2O3S2. The van der Waals surface area contributed by atoms with Crippen LogP contribution in [0.5, 0.6) is 0 Å². The van der Waals surface area contributed by atoms with E-state index < -0.39 is 9.84 Å². The monoisotopic (exact) mass is 430 g/mol. The van der Waals surface area contributed by atoms with Gasteiger partial charge < -0.3 is 4.90 Å². The van der Waals surface area contributed by atoms with E-state index in [1.807, 2.05) is 36.9 Å². The highest BCUT2D eigenvalue weighted by atomic mass is 79.9. The number of aryl methyl sites for hydroxylation is 1. The van der Waals surface area contributed by atoms with Gasteiger partial charge in [-0.1, -0.05) is 34.6 Å². The number of fused-ring (bicyclic) bond motifs is 1. The Labute approximate surface area is 155 Å². The highest BCUT2D eigenvalue weighted by molar-refractivity contribution is 9.10. The Morgan fingerprint density at radius 3 is 2.83 bits per heavy atom. The predicted octanol–water partition coefficient (Wildman–Crippen LogP) is 3.16. The molecule has 0 N–H and O–H groups in total.